The Balaban J connectivity index is 1.82. The predicted octanol–water partition coefficient (Wildman–Crippen LogP) is 2.78. The molecule has 0 saturated heterocycles. The van der Waals surface area contributed by atoms with E-state index in [-0.39, 0.29) is 5.88 Å². The molecule has 2 N–H and O–H groups in total. The number of halogens is 1. The number of ether oxygens (including phenoxy) is 1. The quantitative estimate of drug-likeness (QED) is 0.794. The Kier molecular flexibility index (Phi) is 3.04. The smallest absolute Gasteiger partial charge is 0.255 e. The highest BCUT2D eigenvalue weighted by molar-refractivity contribution is 5.40. The highest BCUT2D eigenvalue weighted by Gasteiger charge is 2.05. The van der Waals surface area contributed by atoms with Crippen LogP contribution in [-0.2, 0) is 0 Å². The lowest BCUT2D eigenvalue weighted by Crippen LogP contribution is -1.93. The number of rotatable bonds is 3. The summed E-state index contributed by atoms with van der Waals surface area (Å²) < 4.78 is 20.6. The van der Waals surface area contributed by atoms with Crippen molar-refractivity contribution in [1.29, 1.82) is 0 Å². The van der Waals surface area contributed by atoms with Crippen molar-refractivity contribution in [1.82, 2.24) is 14.5 Å². The van der Waals surface area contributed by atoms with Gasteiger partial charge in [0.25, 0.3) is 5.88 Å². The van der Waals surface area contributed by atoms with Crippen molar-refractivity contribution in [2.75, 3.05) is 5.73 Å². The maximum absolute atomic E-state index is 13.4. The lowest BCUT2D eigenvalue weighted by molar-refractivity contribution is 0.422. The summed E-state index contributed by atoms with van der Waals surface area (Å²) in [6.07, 6.45) is 4.79. The number of imidazole rings is 1. The van der Waals surface area contributed by atoms with E-state index in [0.29, 0.717) is 11.6 Å². The van der Waals surface area contributed by atoms with E-state index in [1.807, 2.05) is 12.1 Å². The van der Waals surface area contributed by atoms with E-state index in [1.165, 1.54) is 18.3 Å². The minimum Gasteiger partial charge on any atom is -0.436 e. The van der Waals surface area contributed by atoms with Gasteiger partial charge in [0, 0.05) is 11.9 Å². The van der Waals surface area contributed by atoms with Gasteiger partial charge in [-0.15, -0.1) is 0 Å². The Morgan fingerprint density at radius 2 is 1.90 bits per heavy atom. The summed E-state index contributed by atoms with van der Waals surface area (Å²) in [7, 11) is 0. The number of nitrogens with zero attached hydrogens (tertiary/aromatic N) is 3. The average molecular weight is 270 g/mol. The summed E-state index contributed by atoms with van der Waals surface area (Å²) in [6.45, 7) is 0. The first-order chi connectivity index (χ1) is 9.72. The second-order valence-corrected chi connectivity index (χ2v) is 4.09. The molecule has 2 heterocycles. The number of nitrogens with two attached hydrogens (primary N) is 1. The average Bonchev–Trinajstić information content (AvgIpc) is 2.89. The fourth-order valence-electron chi connectivity index (χ4n) is 1.72. The zero-order chi connectivity index (χ0) is 13.9. The van der Waals surface area contributed by atoms with Gasteiger partial charge in [0.05, 0.1) is 6.20 Å². The minimum absolute atomic E-state index is 0.0490. The van der Waals surface area contributed by atoms with Gasteiger partial charge in [0.15, 0.2) is 5.82 Å². The van der Waals surface area contributed by atoms with Crippen molar-refractivity contribution in [3.8, 4) is 17.3 Å². The van der Waals surface area contributed by atoms with Crippen LogP contribution in [0.2, 0.25) is 0 Å². The zero-order valence-electron chi connectivity index (χ0n) is 10.4. The number of benzene rings is 1. The van der Waals surface area contributed by atoms with Crippen LogP contribution in [0, 0.1) is 5.82 Å². The van der Waals surface area contributed by atoms with Gasteiger partial charge in [-0.2, -0.15) is 0 Å². The number of aromatic nitrogens is 3. The highest BCUT2D eigenvalue weighted by atomic mass is 19.1. The minimum atomic E-state index is -0.501. The first-order valence-electron chi connectivity index (χ1n) is 5.90. The summed E-state index contributed by atoms with van der Waals surface area (Å²) in [6, 6.07) is 9.88. The van der Waals surface area contributed by atoms with E-state index >= 15 is 0 Å². The first-order valence-corrected chi connectivity index (χ1v) is 5.90. The van der Waals surface area contributed by atoms with Crippen LogP contribution in [-0.4, -0.2) is 14.5 Å². The first kappa shape index (κ1) is 12.2. The van der Waals surface area contributed by atoms with Crippen molar-refractivity contribution in [3.05, 3.63) is 60.9 Å². The maximum Gasteiger partial charge on any atom is 0.255 e. The molecule has 0 unspecified atom stereocenters. The summed E-state index contributed by atoms with van der Waals surface area (Å²) in [5, 5.41) is 0. The van der Waals surface area contributed by atoms with Gasteiger partial charge in [0.1, 0.15) is 17.9 Å². The molecule has 3 aromatic rings. The lowest BCUT2D eigenvalue weighted by Gasteiger charge is -2.06. The lowest BCUT2D eigenvalue weighted by atomic mass is 10.3. The van der Waals surface area contributed by atoms with Crippen LogP contribution in [0.3, 0.4) is 0 Å². The molecule has 0 saturated carbocycles. The Hall–Kier alpha value is -2.89. The summed E-state index contributed by atoms with van der Waals surface area (Å²) >= 11 is 0. The third-order valence-corrected chi connectivity index (χ3v) is 2.68. The molecule has 0 fully saturated rings. The van der Waals surface area contributed by atoms with Crippen LogP contribution in [0.15, 0.2) is 55.1 Å². The molecule has 0 atom stereocenters. The van der Waals surface area contributed by atoms with E-state index in [0.717, 1.165) is 5.69 Å². The zero-order valence-corrected chi connectivity index (χ0v) is 10.4. The van der Waals surface area contributed by atoms with Crippen LogP contribution in [0.5, 0.6) is 11.6 Å². The Bertz CT molecular complexity index is 724. The van der Waals surface area contributed by atoms with Crippen molar-refractivity contribution in [3.63, 3.8) is 0 Å². The number of hydrogen-bond donors (Lipinski definition) is 1. The molecule has 5 nitrogen and oxygen atoms in total. The fraction of sp³-hybridized carbons (Fsp3) is 0. The van der Waals surface area contributed by atoms with E-state index in [1.54, 1.807) is 29.2 Å². The number of pyridine rings is 1. The molecule has 0 radical (unpaired) electrons. The third kappa shape index (κ3) is 2.44. The molecule has 20 heavy (non-hydrogen) atoms. The molecule has 3 rings (SSSR count). The summed E-state index contributed by atoms with van der Waals surface area (Å²) in [5.41, 5.74) is 6.44. The molecular formula is C14H11FN4O. The van der Waals surface area contributed by atoms with Crippen LogP contribution < -0.4 is 10.5 Å². The predicted molar refractivity (Wildman–Crippen MR) is 72.2 cm³/mol. The topological polar surface area (TPSA) is 66.0 Å². The maximum atomic E-state index is 13.4. The van der Waals surface area contributed by atoms with E-state index in [9.17, 15) is 4.39 Å². The molecular weight excluding hydrogens is 259 g/mol. The van der Waals surface area contributed by atoms with Crippen LogP contribution in [0.25, 0.3) is 5.69 Å². The molecule has 0 bridgehead atoms. The fourth-order valence-corrected chi connectivity index (χ4v) is 1.72. The second kappa shape index (κ2) is 5.00. The van der Waals surface area contributed by atoms with Gasteiger partial charge in [0.2, 0.25) is 0 Å². The van der Waals surface area contributed by atoms with Gasteiger partial charge < -0.3 is 15.0 Å². The van der Waals surface area contributed by atoms with Crippen molar-refractivity contribution < 1.29 is 9.13 Å². The van der Waals surface area contributed by atoms with Crippen LogP contribution >= 0.6 is 0 Å². The monoisotopic (exact) mass is 270 g/mol. The Labute approximate surface area is 114 Å². The van der Waals surface area contributed by atoms with Crippen LogP contribution in [0.1, 0.15) is 0 Å². The normalized spacial score (nSPS) is 10.4. The summed E-state index contributed by atoms with van der Waals surface area (Å²) in [5.74, 6) is 0.395. The molecule has 2 aromatic heterocycles. The molecule has 100 valence electrons. The molecule has 1 aromatic carbocycles. The van der Waals surface area contributed by atoms with Gasteiger partial charge in [-0.05, 0) is 36.4 Å². The number of nitrogen functional groups attached to an aromatic ring is 1. The van der Waals surface area contributed by atoms with E-state index < -0.39 is 5.82 Å². The van der Waals surface area contributed by atoms with Crippen LogP contribution in [0.4, 0.5) is 10.2 Å². The van der Waals surface area contributed by atoms with Crippen molar-refractivity contribution >= 4 is 5.82 Å². The van der Waals surface area contributed by atoms with E-state index in [2.05, 4.69) is 9.97 Å². The SMILES string of the molecule is Nc1cn(-c2ccc(Oc3ncccc3F)cc2)cn1. The molecule has 6 heteroatoms. The Morgan fingerprint density at radius 3 is 2.55 bits per heavy atom. The van der Waals surface area contributed by atoms with Gasteiger partial charge in [-0.3, -0.25) is 0 Å². The highest BCUT2D eigenvalue weighted by Crippen LogP contribution is 2.23. The molecule has 0 amide bonds. The molecule has 0 aliphatic rings. The standard InChI is InChI=1S/C14H11FN4O/c15-12-2-1-7-17-14(12)20-11-5-3-10(4-6-11)19-8-13(16)18-9-19/h1-9H,16H2. The van der Waals surface area contributed by atoms with Gasteiger partial charge >= 0.3 is 0 Å². The molecule has 0 aliphatic heterocycles. The second-order valence-electron chi connectivity index (χ2n) is 4.09. The van der Waals surface area contributed by atoms with E-state index in [4.69, 9.17) is 10.5 Å². The number of anilines is 1. The number of hydrogen-bond acceptors (Lipinski definition) is 4. The van der Waals surface area contributed by atoms with Crippen molar-refractivity contribution in [2.45, 2.75) is 0 Å². The Morgan fingerprint density at radius 1 is 1.10 bits per heavy atom. The third-order valence-electron chi connectivity index (χ3n) is 2.68. The molecule has 0 spiro atoms. The van der Waals surface area contributed by atoms with Crippen molar-refractivity contribution in [2.24, 2.45) is 0 Å². The van der Waals surface area contributed by atoms with Gasteiger partial charge in [-0.25, -0.2) is 14.4 Å². The summed E-state index contributed by atoms with van der Waals surface area (Å²) in [4.78, 5) is 7.77. The largest absolute Gasteiger partial charge is 0.436 e. The molecule has 0 aliphatic carbocycles. The van der Waals surface area contributed by atoms with Gasteiger partial charge in [-0.1, -0.05) is 0 Å².